The van der Waals surface area contributed by atoms with Crippen LogP contribution in [0.5, 0.6) is 5.75 Å². The molecule has 0 aliphatic heterocycles. The van der Waals surface area contributed by atoms with E-state index in [4.69, 9.17) is 4.74 Å². The molecule has 0 saturated carbocycles. The van der Waals surface area contributed by atoms with Crippen molar-refractivity contribution in [1.82, 2.24) is 4.90 Å². The molecule has 0 bridgehead atoms. The third-order valence-electron chi connectivity index (χ3n) is 2.92. The quantitative estimate of drug-likeness (QED) is 0.505. The number of nitrogens with zero attached hydrogens (tertiary/aromatic N) is 1. The summed E-state index contributed by atoms with van der Waals surface area (Å²) in [6.45, 7) is 3.40. The van der Waals surface area contributed by atoms with Gasteiger partial charge in [-0.25, -0.2) is 4.79 Å². The Morgan fingerprint density at radius 3 is 2.40 bits per heavy atom. The van der Waals surface area contributed by atoms with E-state index < -0.39 is 12.2 Å². The maximum absolute atomic E-state index is 12.1. The van der Waals surface area contributed by atoms with Crippen LogP contribution in [0.4, 0.5) is 0 Å². The molecule has 1 aromatic carbocycles. The fourth-order valence-electron chi connectivity index (χ4n) is 1.48. The van der Waals surface area contributed by atoms with Gasteiger partial charge in [-0.05, 0) is 33.2 Å². The molecule has 0 amide bonds. The molecule has 1 atom stereocenters. The Bertz CT molecular complexity index is 528. The van der Waals surface area contributed by atoms with Crippen LogP contribution < -0.4 is 0 Å². The van der Waals surface area contributed by atoms with E-state index in [0.717, 1.165) is 0 Å². The minimum Gasteiger partial charge on any atom is -0.506 e. The van der Waals surface area contributed by atoms with Crippen molar-refractivity contribution in [2.24, 2.45) is 0 Å². The molecule has 0 aromatic heterocycles. The molecule has 0 saturated heterocycles. The van der Waals surface area contributed by atoms with Crippen molar-refractivity contribution in [1.29, 1.82) is 0 Å². The zero-order valence-corrected chi connectivity index (χ0v) is 13.5. The number of hydrogen-bond donors (Lipinski definition) is 1. The Hall–Kier alpha value is -1.40. The molecule has 0 radical (unpaired) electrons. The molecule has 0 aliphatic rings. The number of aromatic hydroxyl groups is 1. The molecule has 0 fully saturated rings. The molecule has 1 aromatic rings. The number of phenolic OH excluding ortho intramolecular Hbond substituents is 1. The number of phenols is 1. The fourth-order valence-corrected chi connectivity index (χ4v) is 1.94. The number of benzene rings is 1. The second-order valence-corrected chi connectivity index (χ2v) is 5.51. The average molecular weight is 344 g/mol. The van der Waals surface area contributed by atoms with Gasteiger partial charge in [0.1, 0.15) is 11.3 Å². The van der Waals surface area contributed by atoms with Crippen molar-refractivity contribution in [2.45, 2.75) is 26.5 Å². The van der Waals surface area contributed by atoms with E-state index in [1.165, 1.54) is 12.1 Å². The third-order valence-corrected chi connectivity index (χ3v) is 3.38. The van der Waals surface area contributed by atoms with E-state index in [1.807, 2.05) is 0 Å². The smallest absolute Gasteiger partial charge is 0.343 e. The summed E-state index contributed by atoms with van der Waals surface area (Å²) in [4.78, 5) is 25.5. The summed E-state index contributed by atoms with van der Waals surface area (Å²) < 4.78 is 5.74. The summed E-state index contributed by atoms with van der Waals surface area (Å²) in [5.41, 5.74) is 0.0937. The summed E-state index contributed by atoms with van der Waals surface area (Å²) in [7, 11) is 3.54. The Balaban J connectivity index is 3.15. The molecule has 0 heterocycles. The first-order chi connectivity index (χ1) is 9.27. The van der Waals surface area contributed by atoms with Gasteiger partial charge in [-0.1, -0.05) is 22.9 Å². The number of carbonyl (C=O) groups is 2. The Morgan fingerprint density at radius 1 is 1.35 bits per heavy atom. The first-order valence-electron chi connectivity index (χ1n) is 6.21. The molecule has 1 rings (SSSR count). The highest BCUT2D eigenvalue weighted by atomic mass is 79.9. The van der Waals surface area contributed by atoms with Gasteiger partial charge in [0.05, 0.1) is 5.56 Å². The van der Waals surface area contributed by atoms with E-state index in [1.54, 1.807) is 32.8 Å². The molecule has 1 unspecified atom stereocenters. The molecule has 5 nitrogen and oxygen atoms in total. The predicted molar refractivity (Wildman–Crippen MR) is 79.0 cm³/mol. The van der Waals surface area contributed by atoms with E-state index in [2.05, 4.69) is 15.9 Å². The van der Waals surface area contributed by atoms with E-state index in [-0.39, 0.29) is 29.1 Å². The van der Waals surface area contributed by atoms with Crippen LogP contribution in [-0.4, -0.2) is 42.1 Å². The standard InChI is InChI=1S/C14H18BrNO4/c1-5-12(17)10-6-9(15)7-11(13(10)18)14(19)20-8(2)16(3)4/h6-8,18H,5H2,1-4H3. The van der Waals surface area contributed by atoms with Crippen LogP contribution in [0.1, 0.15) is 41.0 Å². The maximum atomic E-state index is 12.1. The first-order valence-corrected chi connectivity index (χ1v) is 7.00. The van der Waals surface area contributed by atoms with Gasteiger partial charge in [0.2, 0.25) is 0 Å². The zero-order chi connectivity index (χ0) is 15.4. The van der Waals surface area contributed by atoms with Gasteiger partial charge in [-0.2, -0.15) is 0 Å². The van der Waals surface area contributed by atoms with Crippen LogP contribution in [0.15, 0.2) is 16.6 Å². The maximum Gasteiger partial charge on any atom is 0.343 e. The lowest BCUT2D eigenvalue weighted by molar-refractivity contribution is -0.00571. The highest BCUT2D eigenvalue weighted by molar-refractivity contribution is 9.10. The number of rotatable bonds is 5. The average Bonchev–Trinajstić information content (AvgIpc) is 2.39. The van der Waals surface area contributed by atoms with Gasteiger partial charge in [-0.15, -0.1) is 0 Å². The number of ether oxygens (including phenoxy) is 1. The minimum absolute atomic E-state index is 0.0233. The highest BCUT2D eigenvalue weighted by Gasteiger charge is 2.22. The molecular formula is C14H18BrNO4. The molecule has 0 spiro atoms. The number of halogens is 1. The van der Waals surface area contributed by atoms with Crippen molar-refractivity contribution in [3.8, 4) is 5.75 Å². The monoisotopic (exact) mass is 343 g/mol. The van der Waals surface area contributed by atoms with Crippen LogP contribution in [0.25, 0.3) is 0 Å². The molecule has 1 N–H and O–H groups in total. The largest absolute Gasteiger partial charge is 0.506 e. The molecule has 110 valence electrons. The summed E-state index contributed by atoms with van der Waals surface area (Å²) in [5, 5.41) is 10.1. The predicted octanol–water partition coefficient (Wildman–Crippen LogP) is 2.81. The van der Waals surface area contributed by atoms with E-state index >= 15 is 0 Å². The highest BCUT2D eigenvalue weighted by Crippen LogP contribution is 2.29. The van der Waals surface area contributed by atoms with Gasteiger partial charge in [0, 0.05) is 10.9 Å². The number of hydrogen-bond acceptors (Lipinski definition) is 5. The van der Waals surface area contributed by atoms with Crippen molar-refractivity contribution >= 4 is 27.7 Å². The third kappa shape index (κ3) is 3.80. The molecule has 20 heavy (non-hydrogen) atoms. The van der Waals surface area contributed by atoms with Crippen LogP contribution in [-0.2, 0) is 4.74 Å². The number of Topliss-reactive ketones (excluding diaryl/α,β-unsaturated/α-hetero) is 1. The zero-order valence-electron chi connectivity index (χ0n) is 11.9. The Labute approximate surface area is 126 Å². The minimum atomic E-state index is -0.671. The lowest BCUT2D eigenvalue weighted by Crippen LogP contribution is -2.30. The van der Waals surface area contributed by atoms with Crippen molar-refractivity contribution in [3.05, 3.63) is 27.7 Å². The number of carbonyl (C=O) groups excluding carboxylic acids is 2. The molecule has 0 aliphatic carbocycles. The molecular weight excluding hydrogens is 326 g/mol. The van der Waals surface area contributed by atoms with Gasteiger partial charge < -0.3 is 9.84 Å². The lowest BCUT2D eigenvalue weighted by atomic mass is 10.0. The van der Waals surface area contributed by atoms with Gasteiger partial charge in [0.15, 0.2) is 12.0 Å². The number of ketones is 1. The van der Waals surface area contributed by atoms with Crippen LogP contribution in [0.2, 0.25) is 0 Å². The van der Waals surface area contributed by atoms with Gasteiger partial charge in [-0.3, -0.25) is 9.69 Å². The summed E-state index contributed by atoms with van der Waals surface area (Å²) >= 11 is 3.23. The second-order valence-electron chi connectivity index (χ2n) is 4.59. The van der Waals surface area contributed by atoms with Crippen molar-refractivity contribution in [3.63, 3.8) is 0 Å². The SMILES string of the molecule is CCC(=O)c1cc(Br)cc(C(=O)OC(C)N(C)C)c1O. The normalized spacial score (nSPS) is 12.3. The van der Waals surface area contributed by atoms with Gasteiger partial charge >= 0.3 is 5.97 Å². The molecule has 6 heteroatoms. The summed E-state index contributed by atoms with van der Waals surface area (Å²) in [6.07, 6.45) is -0.196. The van der Waals surface area contributed by atoms with E-state index in [0.29, 0.717) is 4.47 Å². The first kappa shape index (κ1) is 16.7. The summed E-state index contributed by atoms with van der Waals surface area (Å²) in [5.74, 6) is -1.25. The summed E-state index contributed by atoms with van der Waals surface area (Å²) in [6, 6.07) is 2.93. The van der Waals surface area contributed by atoms with Crippen LogP contribution in [0, 0.1) is 0 Å². The number of esters is 1. The van der Waals surface area contributed by atoms with Crippen LogP contribution in [0.3, 0.4) is 0 Å². The van der Waals surface area contributed by atoms with Crippen molar-refractivity contribution in [2.75, 3.05) is 14.1 Å². The van der Waals surface area contributed by atoms with Crippen LogP contribution >= 0.6 is 15.9 Å². The van der Waals surface area contributed by atoms with Crippen molar-refractivity contribution < 1.29 is 19.4 Å². The van der Waals surface area contributed by atoms with E-state index in [9.17, 15) is 14.7 Å². The fraction of sp³-hybridized carbons (Fsp3) is 0.429. The second kappa shape index (κ2) is 6.85. The van der Waals surface area contributed by atoms with Gasteiger partial charge in [0.25, 0.3) is 0 Å². The topological polar surface area (TPSA) is 66.8 Å². The Kier molecular flexibility index (Phi) is 5.71. The Morgan fingerprint density at radius 2 is 1.90 bits per heavy atom. The lowest BCUT2D eigenvalue weighted by Gasteiger charge is -2.20.